The molecule has 1 aromatic rings. The zero-order valence-corrected chi connectivity index (χ0v) is 13.4. The summed E-state index contributed by atoms with van der Waals surface area (Å²) in [5.41, 5.74) is 0.536. The van der Waals surface area contributed by atoms with Gasteiger partial charge in [-0.3, -0.25) is 0 Å². The highest BCUT2D eigenvalue weighted by Crippen LogP contribution is 2.28. The van der Waals surface area contributed by atoms with Crippen LogP contribution in [0.5, 0.6) is 11.5 Å². The third kappa shape index (κ3) is 6.01. The molecule has 1 N–H and O–H groups in total. The predicted molar refractivity (Wildman–Crippen MR) is 85.0 cm³/mol. The highest BCUT2D eigenvalue weighted by molar-refractivity contribution is 5.97. The quantitative estimate of drug-likeness (QED) is 0.325. The Morgan fingerprint density at radius 1 is 1.35 bits per heavy atom. The molecule has 0 heterocycles. The van der Waals surface area contributed by atoms with Gasteiger partial charge in [-0.25, -0.2) is 4.79 Å². The van der Waals surface area contributed by atoms with E-state index in [1.807, 2.05) is 13.0 Å². The van der Waals surface area contributed by atoms with Gasteiger partial charge in [0.15, 0.2) is 11.5 Å². The third-order valence-corrected chi connectivity index (χ3v) is 2.92. The Balaban J connectivity index is 2.91. The summed E-state index contributed by atoms with van der Waals surface area (Å²) >= 11 is 0. The molecule has 0 saturated heterocycles. The summed E-state index contributed by atoms with van der Waals surface area (Å²) in [5.74, 6) is 0.284. The number of carbonyl (C=O) groups excluding carboxylic acids is 1. The van der Waals surface area contributed by atoms with Gasteiger partial charge in [0.05, 0.1) is 20.3 Å². The van der Waals surface area contributed by atoms with Crippen molar-refractivity contribution in [1.82, 2.24) is 0 Å². The zero-order chi connectivity index (χ0) is 17.1. The molecule has 1 rings (SSSR count). The van der Waals surface area contributed by atoms with Crippen LogP contribution in [0.15, 0.2) is 23.8 Å². The summed E-state index contributed by atoms with van der Waals surface area (Å²) < 4.78 is 15.6. The lowest BCUT2D eigenvalue weighted by molar-refractivity contribution is -0.138. The highest BCUT2D eigenvalue weighted by Gasteiger charge is 2.11. The van der Waals surface area contributed by atoms with Crippen LogP contribution in [0.3, 0.4) is 0 Å². The van der Waals surface area contributed by atoms with E-state index < -0.39 is 5.97 Å². The van der Waals surface area contributed by atoms with Gasteiger partial charge in [-0.1, -0.05) is 19.4 Å². The predicted octanol–water partition coefficient (Wildman–Crippen LogP) is 2.32. The van der Waals surface area contributed by atoms with Crippen molar-refractivity contribution in [1.29, 1.82) is 5.26 Å². The van der Waals surface area contributed by atoms with Crippen molar-refractivity contribution in [3.63, 3.8) is 0 Å². The van der Waals surface area contributed by atoms with E-state index in [0.717, 1.165) is 12.8 Å². The van der Waals surface area contributed by atoms with Crippen LogP contribution in [0.2, 0.25) is 0 Å². The zero-order valence-electron chi connectivity index (χ0n) is 13.4. The maximum Gasteiger partial charge on any atom is 0.348 e. The number of ether oxygens (including phenoxy) is 3. The molecule has 6 heteroatoms. The molecule has 0 aliphatic heterocycles. The van der Waals surface area contributed by atoms with Crippen molar-refractivity contribution >= 4 is 12.0 Å². The fourth-order valence-electron chi connectivity index (χ4n) is 1.74. The molecule has 0 radical (unpaired) electrons. The summed E-state index contributed by atoms with van der Waals surface area (Å²) in [5, 5.41) is 17.9. The lowest BCUT2D eigenvalue weighted by Gasteiger charge is -2.10. The lowest BCUT2D eigenvalue weighted by atomic mass is 10.1. The van der Waals surface area contributed by atoms with Crippen molar-refractivity contribution < 1.29 is 24.1 Å². The first-order valence-corrected chi connectivity index (χ1v) is 7.36. The Bertz CT molecular complexity index is 589. The number of nitrogens with zero attached hydrogens (tertiary/aromatic N) is 1. The van der Waals surface area contributed by atoms with Gasteiger partial charge in [0.2, 0.25) is 0 Å². The van der Waals surface area contributed by atoms with Crippen molar-refractivity contribution in [3.8, 4) is 17.6 Å². The van der Waals surface area contributed by atoms with Crippen LogP contribution in [0.4, 0.5) is 0 Å². The third-order valence-electron chi connectivity index (χ3n) is 2.92. The van der Waals surface area contributed by atoms with Gasteiger partial charge < -0.3 is 19.3 Å². The van der Waals surface area contributed by atoms with E-state index in [1.54, 1.807) is 18.2 Å². The van der Waals surface area contributed by atoms with Crippen LogP contribution < -0.4 is 9.47 Å². The van der Waals surface area contributed by atoms with Gasteiger partial charge in [-0.05, 0) is 30.2 Å². The molecular formula is C17H21NO5. The Morgan fingerprint density at radius 2 is 2.13 bits per heavy atom. The van der Waals surface area contributed by atoms with E-state index in [0.29, 0.717) is 23.7 Å². The Hall–Kier alpha value is -2.52. The summed E-state index contributed by atoms with van der Waals surface area (Å²) in [7, 11) is 1.48. The number of nitriles is 1. The van der Waals surface area contributed by atoms with E-state index in [9.17, 15) is 4.79 Å². The molecule has 0 amide bonds. The van der Waals surface area contributed by atoms with Gasteiger partial charge in [0.25, 0.3) is 0 Å². The number of unbranched alkanes of at least 4 members (excludes halogenated alkanes) is 1. The minimum atomic E-state index is -0.638. The standard InChI is InChI=1S/C17H21NO5/c1-3-4-8-23-17(20)14(12-18)10-13-5-6-15(22-9-7-19)16(11-13)21-2/h5-6,10-11,19H,3-4,7-9H2,1-2H3. The average molecular weight is 319 g/mol. The smallest absolute Gasteiger partial charge is 0.348 e. The first kappa shape index (κ1) is 18.5. The van der Waals surface area contributed by atoms with Crippen molar-refractivity contribution in [2.45, 2.75) is 19.8 Å². The number of hydrogen-bond acceptors (Lipinski definition) is 6. The van der Waals surface area contributed by atoms with Gasteiger partial charge in [-0.15, -0.1) is 0 Å². The molecule has 0 aliphatic rings. The van der Waals surface area contributed by atoms with E-state index in [1.165, 1.54) is 13.2 Å². The van der Waals surface area contributed by atoms with Gasteiger partial charge in [-0.2, -0.15) is 5.26 Å². The number of aliphatic hydroxyl groups is 1. The van der Waals surface area contributed by atoms with Crippen LogP contribution >= 0.6 is 0 Å². The van der Waals surface area contributed by atoms with Crippen LogP contribution in [0, 0.1) is 11.3 Å². The molecule has 0 fully saturated rings. The fourth-order valence-corrected chi connectivity index (χ4v) is 1.74. The number of methoxy groups -OCH3 is 1. The molecule has 0 bridgehead atoms. The monoisotopic (exact) mass is 319 g/mol. The second kappa shape index (κ2) is 10.2. The summed E-state index contributed by atoms with van der Waals surface area (Å²) in [6.45, 7) is 2.33. The second-order valence-corrected chi connectivity index (χ2v) is 4.64. The van der Waals surface area contributed by atoms with E-state index in [4.69, 9.17) is 24.6 Å². The molecule has 1 aromatic carbocycles. The average Bonchev–Trinajstić information content (AvgIpc) is 2.58. The molecule has 6 nitrogen and oxygen atoms in total. The number of aliphatic hydroxyl groups excluding tert-OH is 1. The van der Waals surface area contributed by atoms with E-state index in [-0.39, 0.29) is 18.8 Å². The first-order valence-electron chi connectivity index (χ1n) is 7.36. The number of rotatable bonds is 9. The van der Waals surface area contributed by atoms with E-state index >= 15 is 0 Å². The summed E-state index contributed by atoms with van der Waals surface area (Å²) in [4.78, 5) is 11.8. The fraction of sp³-hybridized carbons (Fsp3) is 0.412. The van der Waals surface area contributed by atoms with Crippen molar-refractivity contribution in [2.75, 3.05) is 26.9 Å². The van der Waals surface area contributed by atoms with Gasteiger partial charge >= 0.3 is 5.97 Å². The second-order valence-electron chi connectivity index (χ2n) is 4.64. The Morgan fingerprint density at radius 3 is 2.74 bits per heavy atom. The van der Waals surface area contributed by atoms with Crippen LogP contribution in [0.1, 0.15) is 25.3 Å². The molecule has 0 unspecified atom stereocenters. The number of benzene rings is 1. The maximum absolute atomic E-state index is 11.8. The number of esters is 1. The minimum absolute atomic E-state index is 0.0767. The highest BCUT2D eigenvalue weighted by atomic mass is 16.5. The SMILES string of the molecule is CCCCOC(=O)C(C#N)=Cc1ccc(OCCO)c(OC)c1. The molecule has 124 valence electrons. The molecule has 0 atom stereocenters. The molecule has 0 spiro atoms. The van der Waals surface area contributed by atoms with Crippen LogP contribution in [0.25, 0.3) is 6.08 Å². The summed E-state index contributed by atoms with van der Waals surface area (Å²) in [6.07, 6.45) is 3.10. The normalized spacial score (nSPS) is 10.8. The van der Waals surface area contributed by atoms with Gasteiger partial charge in [0, 0.05) is 0 Å². The van der Waals surface area contributed by atoms with Gasteiger partial charge in [0.1, 0.15) is 18.2 Å². The molecular weight excluding hydrogens is 298 g/mol. The van der Waals surface area contributed by atoms with Crippen LogP contribution in [-0.2, 0) is 9.53 Å². The van der Waals surface area contributed by atoms with Crippen molar-refractivity contribution in [2.24, 2.45) is 0 Å². The molecule has 0 saturated carbocycles. The molecule has 0 aromatic heterocycles. The van der Waals surface area contributed by atoms with Crippen LogP contribution in [-0.4, -0.2) is 38.0 Å². The molecule has 23 heavy (non-hydrogen) atoms. The number of hydrogen-bond donors (Lipinski definition) is 1. The molecule has 0 aliphatic carbocycles. The summed E-state index contributed by atoms with van der Waals surface area (Å²) in [6, 6.07) is 6.82. The van der Waals surface area contributed by atoms with E-state index in [2.05, 4.69) is 0 Å². The first-order chi connectivity index (χ1) is 11.2. The number of carbonyl (C=O) groups is 1. The maximum atomic E-state index is 11.8. The largest absolute Gasteiger partial charge is 0.493 e. The minimum Gasteiger partial charge on any atom is -0.493 e. The Labute approximate surface area is 135 Å². The Kier molecular flexibility index (Phi) is 8.25. The lowest BCUT2D eigenvalue weighted by Crippen LogP contribution is -2.07. The topological polar surface area (TPSA) is 88.8 Å². The van der Waals surface area contributed by atoms with Crippen molar-refractivity contribution in [3.05, 3.63) is 29.3 Å².